The predicted molar refractivity (Wildman–Crippen MR) is 100 cm³/mol. The molecule has 1 aliphatic heterocycles. The average molecular weight is 362 g/mol. The van der Waals surface area contributed by atoms with Gasteiger partial charge in [-0.1, -0.05) is 47.6 Å². The number of aryl methyl sites for hydroxylation is 1. The lowest BCUT2D eigenvalue weighted by Gasteiger charge is -2.25. The molecule has 0 radical (unpaired) electrons. The summed E-state index contributed by atoms with van der Waals surface area (Å²) in [5.74, 6) is 0.849. The number of hydrogen-bond acceptors (Lipinski definition) is 5. The first-order chi connectivity index (χ1) is 13.1. The molecule has 1 aromatic heterocycles. The van der Waals surface area contributed by atoms with E-state index in [4.69, 9.17) is 9.26 Å². The molecule has 0 aliphatic carbocycles. The number of anilines is 1. The number of rotatable bonds is 4. The molecule has 6 heteroatoms. The third-order valence-corrected chi connectivity index (χ3v) is 4.59. The molecule has 1 amide bonds. The monoisotopic (exact) mass is 362 g/mol. The molecule has 2 aromatic carbocycles. The van der Waals surface area contributed by atoms with Crippen molar-refractivity contribution in [3.05, 3.63) is 83.3 Å². The van der Waals surface area contributed by atoms with Crippen molar-refractivity contribution < 1.29 is 19.2 Å². The van der Waals surface area contributed by atoms with Gasteiger partial charge in [-0.2, -0.15) is 0 Å². The third-order valence-electron chi connectivity index (χ3n) is 4.59. The van der Waals surface area contributed by atoms with Crippen molar-refractivity contribution in [1.29, 1.82) is 0 Å². The summed E-state index contributed by atoms with van der Waals surface area (Å²) in [4.78, 5) is 14.4. The zero-order valence-corrected chi connectivity index (χ0v) is 14.9. The number of aromatic nitrogens is 1. The fourth-order valence-electron chi connectivity index (χ4n) is 3.32. The fourth-order valence-corrected chi connectivity index (χ4v) is 3.32. The highest BCUT2D eigenvalue weighted by atomic mass is 16.5. The zero-order chi connectivity index (χ0) is 19.0. The predicted octanol–water partition coefficient (Wildman–Crippen LogP) is 4.05. The molecular weight excluding hydrogens is 344 g/mol. The van der Waals surface area contributed by atoms with Crippen LogP contribution in [0, 0.1) is 6.92 Å². The van der Waals surface area contributed by atoms with Gasteiger partial charge in [0.05, 0.1) is 13.2 Å². The summed E-state index contributed by atoms with van der Waals surface area (Å²) in [6.45, 7) is 1.75. The number of benzene rings is 2. The van der Waals surface area contributed by atoms with Crippen LogP contribution in [0.15, 0.2) is 70.9 Å². The molecule has 4 rings (SSSR count). The molecule has 0 fully saturated rings. The SMILES string of the molecule is COc1ccc(C2C(c3ccccc3)=C(O)C(=O)N2c2cc(C)on2)cc1. The van der Waals surface area contributed by atoms with Gasteiger partial charge in [-0.3, -0.25) is 9.69 Å². The van der Waals surface area contributed by atoms with Gasteiger partial charge < -0.3 is 14.4 Å². The van der Waals surface area contributed by atoms with Crippen molar-refractivity contribution in [2.24, 2.45) is 0 Å². The Morgan fingerprint density at radius 1 is 1.11 bits per heavy atom. The van der Waals surface area contributed by atoms with Crippen molar-refractivity contribution in [1.82, 2.24) is 5.16 Å². The second kappa shape index (κ2) is 6.64. The Hall–Kier alpha value is -3.54. The highest BCUT2D eigenvalue weighted by molar-refractivity contribution is 6.15. The van der Waals surface area contributed by atoms with E-state index in [1.165, 1.54) is 4.90 Å². The van der Waals surface area contributed by atoms with Crippen LogP contribution in [-0.2, 0) is 4.79 Å². The van der Waals surface area contributed by atoms with E-state index in [0.29, 0.717) is 22.9 Å². The van der Waals surface area contributed by atoms with E-state index in [1.54, 1.807) is 20.1 Å². The first kappa shape index (κ1) is 16.9. The normalized spacial score (nSPS) is 16.9. The maximum absolute atomic E-state index is 12.9. The molecule has 1 N–H and O–H groups in total. The van der Waals surface area contributed by atoms with Crippen LogP contribution in [0.4, 0.5) is 5.82 Å². The Morgan fingerprint density at radius 3 is 2.41 bits per heavy atom. The molecule has 0 saturated carbocycles. The highest BCUT2D eigenvalue weighted by Crippen LogP contribution is 2.45. The smallest absolute Gasteiger partial charge is 0.295 e. The molecule has 6 nitrogen and oxygen atoms in total. The van der Waals surface area contributed by atoms with Gasteiger partial charge in [0, 0.05) is 11.6 Å². The Labute approximate surface area is 156 Å². The summed E-state index contributed by atoms with van der Waals surface area (Å²) in [6.07, 6.45) is 0. The van der Waals surface area contributed by atoms with Crippen molar-refractivity contribution in [3.63, 3.8) is 0 Å². The van der Waals surface area contributed by atoms with Crippen LogP contribution < -0.4 is 9.64 Å². The molecule has 3 aromatic rings. The topological polar surface area (TPSA) is 75.8 Å². The second-order valence-corrected chi connectivity index (χ2v) is 6.27. The molecule has 0 saturated heterocycles. The first-order valence-corrected chi connectivity index (χ1v) is 8.49. The van der Waals surface area contributed by atoms with Crippen LogP contribution >= 0.6 is 0 Å². The van der Waals surface area contributed by atoms with E-state index in [9.17, 15) is 9.90 Å². The van der Waals surface area contributed by atoms with E-state index in [0.717, 1.165) is 11.1 Å². The highest BCUT2D eigenvalue weighted by Gasteiger charge is 2.43. The number of carbonyl (C=O) groups is 1. The minimum Gasteiger partial charge on any atom is -0.503 e. The van der Waals surface area contributed by atoms with Gasteiger partial charge in [0.25, 0.3) is 5.91 Å². The van der Waals surface area contributed by atoms with Crippen molar-refractivity contribution >= 4 is 17.3 Å². The lowest BCUT2D eigenvalue weighted by Crippen LogP contribution is -2.30. The largest absolute Gasteiger partial charge is 0.503 e. The third kappa shape index (κ3) is 2.85. The first-order valence-electron chi connectivity index (χ1n) is 8.49. The summed E-state index contributed by atoms with van der Waals surface area (Å²) in [6, 6.07) is 17.9. The molecule has 1 unspecified atom stereocenters. The Balaban J connectivity index is 1.88. The van der Waals surface area contributed by atoms with Crippen LogP contribution in [0.5, 0.6) is 5.75 Å². The van der Waals surface area contributed by atoms with Gasteiger partial charge in [0.15, 0.2) is 11.6 Å². The maximum Gasteiger partial charge on any atom is 0.295 e. The Morgan fingerprint density at radius 2 is 1.81 bits per heavy atom. The number of aliphatic hydroxyl groups excluding tert-OH is 1. The molecule has 2 heterocycles. The second-order valence-electron chi connectivity index (χ2n) is 6.27. The average Bonchev–Trinajstić information content (AvgIpc) is 3.24. The van der Waals surface area contributed by atoms with E-state index < -0.39 is 11.9 Å². The summed E-state index contributed by atoms with van der Waals surface area (Å²) in [7, 11) is 1.60. The lowest BCUT2D eigenvalue weighted by molar-refractivity contribution is -0.117. The zero-order valence-electron chi connectivity index (χ0n) is 14.9. The van der Waals surface area contributed by atoms with Crippen LogP contribution in [0.2, 0.25) is 0 Å². The van der Waals surface area contributed by atoms with Gasteiger partial charge in [0.2, 0.25) is 0 Å². The molecule has 136 valence electrons. The molecule has 27 heavy (non-hydrogen) atoms. The standard InChI is InChI=1S/C21H18N2O4/c1-13-12-17(22-27-13)23-19(15-8-10-16(26-2)11-9-15)18(20(24)21(23)25)14-6-4-3-5-7-14/h3-12,19,24H,1-2H3. The number of amides is 1. The van der Waals surface area contributed by atoms with Crippen molar-refractivity contribution in [2.75, 3.05) is 12.0 Å². The van der Waals surface area contributed by atoms with E-state index >= 15 is 0 Å². The van der Waals surface area contributed by atoms with Gasteiger partial charge in [0.1, 0.15) is 11.5 Å². The number of aliphatic hydroxyl groups is 1. The minimum absolute atomic E-state index is 0.289. The number of carbonyl (C=O) groups excluding carboxylic acids is 1. The summed E-state index contributed by atoms with van der Waals surface area (Å²) < 4.78 is 10.4. The molecule has 0 spiro atoms. The van der Waals surface area contributed by atoms with Crippen LogP contribution in [-0.4, -0.2) is 23.3 Å². The van der Waals surface area contributed by atoms with Crippen LogP contribution in [0.25, 0.3) is 5.57 Å². The van der Waals surface area contributed by atoms with Gasteiger partial charge in [-0.25, -0.2) is 0 Å². The Bertz CT molecular complexity index is 1010. The summed E-state index contributed by atoms with van der Waals surface area (Å²) >= 11 is 0. The van der Waals surface area contributed by atoms with E-state index in [1.807, 2.05) is 54.6 Å². The van der Waals surface area contributed by atoms with E-state index in [-0.39, 0.29) is 5.76 Å². The van der Waals surface area contributed by atoms with Crippen molar-refractivity contribution in [3.8, 4) is 5.75 Å². The van der Waals surface area contributed by atoms with E-state index in [2.05, 4.69) is 5.16 Å². The van der Waals surface area contributed by atoms with Gasteiger partial charge in [-0.15, -0.1) is 0 Å². The quantitative estimate of drug-likeness (QED) is 0.758. The molecule has 0 bridgehead atoms. The Kier molecular flexibility index (Phi) is 4.16. The summed E-state index contributed by atoms with van der Waals surface area (Å²) in [5.41, 5.74) is 2.13. The van der Waals surface area contributed by atoms with Crippen LogP contribution in [0.1, 0.15) is 22.9 Å². The molecule has 1 atom stereocenters. The fraction of sp³-hybridized carbons (Fsp3) is 0.143. The molecular formula is C21H18N2O4. The number of nitrogens with zero attached hydrogens (tertiary/aromatic N) is 2. The lowest BCUT2D eigenvalue weighted by atomic mass is 9.93. The van der Waals surface area contributed by atoms with Gasteiger partial charge in [-0.05, 0) is 30.2 Å². The maximum atomic E-state index is 12.9. The number of hydrogen-bond donors (Lipinski definition) is 1. The van der Waals surface area contributed by atoms with Crippen molar-refractivity contribution in [2.45, 2.75) is 13.0 Å². The molecule has 1 aliphatic rings. The number of methoxy groups -OCH3 is 1. The summed E-state index contributed by atoms with van der Waals surface area (Å²) in [5, 5.41) is 14.7. The number of ether oxygens (including phenoxy) is 1. The minimum atomic E-state index is -0.532. The van der Waals surface area contributed by atoms with Crippen LogP contribution in [0.3, 0.4) is 0 Å². The van der Waals surface area contributed by atoms with Gasteiger partial charge >= 0.3 is 0 Å².